The van der Waals surface area contributed by atoms with Crippen molar-refractivity contribution in [2.45, 2.75) is 33.6 Å². The molecule has 66 valence electrons. The highest BCUT2D eigenvalue weighted by molar-refractivity contribution is 5.10. The summed E-state index contributed by atoms with van der Waals surface area (Å²) in [5, 5.41) is 0. The van der Waals surface area contributed by atoms with Gasteiger partial charge >= 0.3 is 0 Å². The highest BCUT2D eigenvalue weighted by Gasteiger charge is 2.21. The highest BCUT2D eigenvalue weighted by atomic mass is 14.7. The van der Waals surface area contributed by atoms with Crippen molar-refractivity contribution in [1.82, 2.24) is 4.98 Å². The lowest BCUT2D eigenvalue weighted by molar-refractivity contribution is 0.334. The maximum atomic E-state index is 4.35. The molecule has 0 N–H and O–H groups in total. The molecule has 1 aromatic heterocycles. The van der Waals surface area contributed by atoms with Gasteiger partial charge in [0, 0.05) is 17.8 Å². The van der Waals surface area contributed by atoms with Crippen molar-refractivity contribution in [3.8, 4) is 0 Å². The van der Waals surface area contributed by atoms with Crippen molar-refractivity contribution >= 4 is 0 Å². The second-order valence-corrected chi connectivity index (χ2v) is 4.34. The van der Waals surface area contributed by atoms with Gasteiger partial charge in [-0.15, -0.1) is 0 Å². The Balaban J connectivity index is 2.86. The smallest absolute Gasteiger partial charge is 0.0436 e. The summed E-state index contributed by atoms with van der Waals surface area (Å²) in [5.74, 6) is 0.513. The molecule has 1 atom stereocenters. The fourth-order valence-electron chi connectivity index (χ4n) is 1.08. The third-order valence-electron chi connectivity index (χ3n) is 2.43. The zero-order valence-corrected chi connectivity index (χ0v) is 8.33. The molecule has 0 aliphatic carbocycles. The molecule has 0 saturated heterocycles. The summed E-state index contributed by atoms with van der Waals surface area (Å²) >= 11 is 0. The van der Waals surface area contributed by atoms with Gasteiger partial charge in [-0.05, 0) is 17.5 Å². The van der Waals surface area contributed by atoms with E-state index in [0.29, 0.717) is 11.3 Å². The van der Waals surface area contributed by atoms with E-state index in [2.05, 4.69) is 38.7 Å². The van der Waals surface area contributed by atoms with Crippen molar-refractivity contribution in [3.05, 3.63) is 30.1 Å². The summed E-state index contributed by atoms with van der Waals surface area (Å²) in [6, 6.07) is 6.10. The minimum absolute atomic E-state index is 0.300. The molecule has 0 saturated carbocycles. The lowest BCUT2D eigenvalue weighted by Gasteiger charge is -2.26. The predicted molar refractivity (Wildman–Crippen MR) is 52.1 cm³/mol. The number of pyridine rings is 1. The fourth-order valence-corrected chi connectivity index (χ4v) is 1.08. The number of hydrogen-bond acceptors (Lipinski definition) is 1. The van der Waals surface area contributed by atoms with E-state index in [0.717, 1.165) is 0 Å². The average molecular weight is 163 g/mol. The largest absolute Gasteiger partial charge is 0.261 e. The molecule has 0 radical (unpaired) electrons. The maximum Gasteiger partial charge on any atom is 0.0436 e. The van der Waals surface area contributed by atoms with E-state index in [1.54, 1.807) is 0 Å². The summed E-state index contributed by atoms with van der Waals surface area (Å²) in [7, 11) is 0. The van der Waals surface area contributed by atoms with Crippen LogP contribution in [-0.4, -0.2) is 4.98 Å². The van der Waals surface area contributed by atoms with Crippen molar-refractivity contribution in [1.29, 1.82) is 0 Å². The Bertz CT molecular complexity index is 233. The molecule has 12 heavy (non-hydrogen) atoms. The molecule has 0 spiro atoms. The SMILES string of the molecule is C[C@@H](c1ccccn1)C(C)(C)C. The van der Waals surface area contributed by atoms with Gasteiger partial charge in [0.2, 0.25) is 0 Å². The quantitative estimate of drug-likeness (QED) is 0.619. The van der Waals surface area contributed by atoms with E-state index < -0.39 is 0 Å². The lowest BCUT2D eigenvalue weighted by atomic mass is 9.80. The molecule has 0 fully saturated rings. The Morgan fingerprint density at radius 1 is 1.25 bits per heavy atom. The number of hydrogen-bond donors (Lipinski definition) is 0. The molecule has 1 heteroatoms. The van der Waals surface area contributed by atoms with Gasteiger partial charge < -0.3 is 0 Å². The Hall–Kier alpha value is -0.850. The Morgan fingerprint density at radius 2 is 1.92 bits per heavy atom. The van der Waals surface area contributed by atoms with Gasteiger partial charge in [-0.2, -0.15) is 0 Å². The minimum Gasteiger partial charge on any atom is -0.261 e. The summed E-state index contributed by atoms with van der Waals surface area (Å²) < 4.78 is 0. The van der Waals surface area contributed by atoms with Crippen LogP contribution < -0.4 is 0 Å². The van der Waals surface area contributed by atoms with E-state index in [9.17, 15) is 0 Å². The highest BCUT2D eigenvalue weighted by Crippen LogP contribution is 2.32. The van der Waals surface area contributed by atoms with Crippen molar-refractivity contribution in [2.75, 3.05) is 0 Å². The Morgan fingerprint density at radius 3 is 2.33 bits per heavy atom. The third kappa shape index (κ3) is 2.07. The van der Waals surface area contributed by atoms with E-state index >= 15 is 0 Å². The van der Waals surface area contributed by atoms with Crippen LogP contribution in [0.3, 0.4) is 0 Å². The molecule has 0 amide bonds. The molecule has 1 rings (SSSR count). The van der Waals surface area contributed by atoms with Crippen LogP contribution >= 0.6 is 0 Å². The van der Waals surface area contributed by atoms with Gasteiger partial charge in [0.25, 0.3) is 0 Å². The first kappa shape index (κ1) is 9.24. The van der Waals surface area contributed by atoms with Crippen molar-refractivity contribution < 1.29 is 0 Å². The van der Waals surface area contributed by atoms with Crippen LogP contribution in [-0.2, 0) is 0 Å². The van der Waals surface area contributed by atoms with Gasteiger partial charge in [0.15, 0.2) is 0 Å². The van der Waals surface area contributed by atoms with Crippen LogP contribution in [0.2, 0.25) is 0 Å². The van der Waals surface area contributed by atoms with E-state index in [-0.39, 0.29) is 0 Å². The van der Waals surface area contributed by atoms with E-state index in [4.69, 9.17) is 0 Å². The predicted octanol–water partition coefficient (Wildman–Crippen LogP) is 3.23. The van der Waals surface area contributed by atoms with Gasteiger partial charge in [0.1, 0.15) is 0 Å². The number of rotatable bonds is 1. The van der Waals surface area contributed by atoms with Crippen LogP contribution in [0.5, 0.6) is 0 Å². The zero-order chi connectivity index (χ0) is 9.19. The summed E-state index contributed by atoms with van der Waals surface area (Å²) in [4.78, 5) is 4.35. The molecular formula is C11H17N. The summed E-state index contributed by atoms with van der Waals surface area (Å²) in [6.45, 7) is 8.95. The standard InChI is InChI=1S/C11H17N/c1-9(11(2,3)4)10-7-5-6-8-12-10/h5-9H,1-4H3/t9-/m0/s1. The Labute approximate surface area is 74.8 Å². The molecule has 1 heterocycles. The topological polar surface area (TPSA) is 12.9 Å². The van der Waals surface area contributed by atoms with Crippen LogP contribution in [0.4, 0.5) is 0 Å². The molecule has 0 aromatic carbocycles. The second kappa shape index (κ2) is 3.26. The second-order valence-electron chi connectivity index (χ2n) is 4.34. The van der Waals surface area contributed by atoms with E-state index in [1.165, 1.54) is 5.69 Å². The van der Waals surface area contributed by atoms with Crippen LogP contribution in [0.15, 0.2) is 24.4 Å². The first-order valence-corrected chi connectivity index (χ1v) is 4.43. The minimum atomic E-state index is 0.300. The zero-order valence-electron chi connectivity index (χ0n) is 8.33. The molecular weight excluding hydrogens is 146 g/mol. The van der Waals surface area contributed by atoms with Gasteiger partial charge in [-0.25, -0.2) is 0 Å². The monoisotopic (exact) mass is 163 g/mol. The molecule has 1 nitrogen and oxygen atoms in total. The average Bonchev–Trinajstić information content (AvgIpc) is 2.03. The molecule has 0 unspecified atom stereocenters. The third-order valence-corrected chi connectivity index (χ3v) is 2.43. The fraction of sp³-hybridized carbons (Fsp3) is 0.545. The molecule has 0 aliphatic heterocycles. The number of aromatic nitrogens is 1. The summed E-state index contributed by atoms with van der Waals surface area (Å²) in [5.41, 5.74) is 1.49. The molecule has 0 aliphatic rings. The number of nitrogens with zero attached hydrogens (tertiary/aromatic N) is 1. The Kier molecular flexibility index (Phi) is 2.51. The maximum absolute atomic E-state index is 4.35. The summed E-state index contributed by atoms with van der Waals surface area (Å²) in [6.07, 6.45) is 1.86. The van der Waals surface area contributed by atoms with Crippen molar-refractivity contribution in [3.63, 3.8) is 0 Å². The first-order chi connectivity index (χ1) is 5.52. The van der Waals surface area contributed by atoms with Crippen molar-refractivity contribution in [2.24, 2.45) is 5.41 Å². The van der Waals surface area contributed by atoms with Crippen LogP contribution in [0.1, 0.15) is 39.3 Å². The van der Waals surface area contributed by atoms with Crippen LogP contribution in [0.25, 0.3) is 0 Å². The first-order valence-electron chi connectivity index (χ1n) is 4.43. The van der Waals surface area contributed by atoms with E-state index in [1.807, 2.05) is 18.3 Å². The molecule has 0 bridgehead atoms. The van der Waals surface area contributed by atoms with Gasteiger partial charge in [0.05, 0.1) is 0 Å². The van der Waals surface area contributed by atoms with Gasteiger partial charge in [-0.1, -0.05) is 33.8 Å². The normalized spacial score (nSPS) is 14.3. The molecule has 1 aromatic rings. The lowest BCUT2D eigenvalue weighted by Crippen LogP contribution is -2.16. The van der Waals surface area contributed by atoms with Crippen LogP contribution in [0, 0.1) is 5.41 Å². The van der Waals surface area contributed by atoms with Gasteiger partial charge in [-0.3, -0.25) is 4.98 Å².